The van der Waals surface area contributed by atoms with E-state index in [9.17, 15) is 14.4 Å². The zero-order valence-electron chi connectivity index (χ0n) is 22.1. The van der Waals surface area contributed by atoms with Crippen LogP contribution >= 0.6 is 15.9 Å². The quantitative estimate of drug-likeness (QED) is 0.116. The molecular weight excluding hydrogens is 554 g/mol. The van der Waals surface area contributed by atoms with Gasteiger partial charge in [-0.05, 0) is 46.9 Å². The van der Waals surface area contributed by atoms with Crippen LogP contribution in [-0.2, 0) is 18.7 Å². The van der Waals surface area contributed by atoms with Crippen LogP contribution in [0.2, 0.25) is 0 Å². The van der Waals surface area contributed by atoms with E-state index in [1.54, 1.807) is 24.3 Å². The molecule has 0 saturated carbocycles. The van der Waals surface area contributed by atoms with E-state index in [0.29, 0.717) is 17.9 Å². The molecule has 3 aliphatic carbocycles. The molecule has 7 rings (SSSR count). The standard InChI is InChI=1S/C33H32BrNO4/c1-2-3-4-5-6-11-19-39-32(38)21-13-12-14-22(20-21)35-30(36)28-27-23-15-7-9-17-25(23)33(34,29(28)31(35)37)26-18-10-8-16-24(26)27/h7-10,12-18,20,27-29H,2-6,11,19H2,1H3/t27?,28-,29+,33?/m1/s1. The van der Waals surface area contributed by atoms with Gasteiger partial charge >= 0.3 is 5.97 Å². The zero-order valence-corrected chi connectivity index (χ0v) is 23.7. The van der Waals surface area contributed by atoms with Gasteiger partial charge in [0.1, 0.15) is 0 Å². The van der Waals surface area contributed by atoms with Crippen molar-refractivity contribution in [2.45, 2.75) is 55.7 Å². The Bertz CT molecular complexity index is 1400. The molecule has 1 fully saturated rings. The van der Waals surface area contributed by atoms with Crippen molar-refractivity contribution in [1.82, 2.24) is 0 Å². The lowest BCUT2D eigenvalue weighted by molar-refractivity contribution is -0.122. The van der Waals surface area contributed by atoms with E-state index >= 15 is 0 Å². The van der Waals surface area contributed by atoms with Crippen LogP contribution < -0.4 is 4.90 Å². The van der Waals surface area contributed by atoms with E-state index in [4.69, 9.17) is 4.74 Å². The number of carbonyl (C=O) groups excluding carboxylic acids is 3. The van der Waals surface area contributed by atoms with Gasteiger partial charge in [0.25, 0.3) is 0 Å². The minimum atomic E-state index is -0.797. The molecule has 0 spiro atoms. The fourth-order valence-electron chi connectivity index (χ4n) is 6.84. The molecule has 0 radical (unpaired) electrons. The van der Waals surface area contributed by atoms with E-state index in [1.165, 1.54) is 24.2 Å². The predicted molar refractivity (Wildman–Crippen MR) is 154 cm³/mol. The molecule has 3 aromatic rings. The van der Waals surface area contributed by atoms with Crippen LogP contribution in [0.4, 0.5) is 5.69 Å². The first-order chi connectivity index (χ1) is 19.0. The number of rotatable bonds is 9. The number of anilines is 1. The van der Waals surface area contributed by atoms with E-state index in [1.807, 2.05) is 24.3 Å². The SMILES string of the molecule is CCCCCCCCOC(=O)c1cccc(N2C(=O)[C@@H]3C4c5ccccc5C(Br)(c5ccccc54)[C@@H]3C2=O)c1. The van der Waals surface area contributed by atoms with Gasteiger partial charge in [-0.15, -0.1) is 0 Å². The molecule has 1 heterocycles. The van der Waals surface area contributed by atoms with E-state index < -0.39 is 22.1 Å². The minimum absolute atomic E-state index is 0.200. The van der Waals surface area contributed by atoms with Gasteiger partial charge in [-0.3, -0.25) is 9.59 Å². The molecule has 200 valence electrons. The van der Waals surface area contributed by atoms with Gasteiger partial charge in [0.2, 0.25) is 11.8 Å². The predicted octanol–water partition coefficient (Wildman–Crippen LogP) is 7.11. The molecule has 39 heavy (non-hydrogen) atoms. The molecule has 0 unspecified atom stereocenters. The van der Waals surface area contributed by atoms with E-state index in [0.717, 1.165) is 41.5 Å². The molecule has 1 aliphatic heterocycles. The molecule has 4 aliphatic rings. The summed E-state index contributed by atoms with van der Waals surface area (Å²) in [4.78, 5) is 42.3. The third-order valence-corrected chi connectivity index (χ3v) is 9.93. The highest BCUT2D eigenvalue weighted by Crippen LogP contribution is 2.66. The summed E-state index contributed by atoms with van der Waals surface area (Å²) in [6.45, 7) is 2.55. The largest absolute Gasteiger partial charge is 0.462 e. The van der Waals surface area contributed by atoms with Crippen molar-refractivity contribution in [3.05, 3.63) is 101 Å². The van der Waals surface area contributed by atoms with Crippen molar-refractivity contribution in [2.24, 2.45) is 11.8 Å². The number of nitrogens with zero attached hydrogens (tertiary/aromatic N) is 1. The Kier molecular flexibility index (Phi) is 6.92. The average molecular weight is 587 g/mol. The Morgan fingerprint density at radius 1 is 0.846 bits per heavy atom. The molecule has 3 aromatic carbocycles. The fourth-order valence-corrected chi connectivity index (χ4v) is 8.04. The maximum atomic E-state index is 14.1. The summed E-state index contributed by atoms with van der Waals surface area (Å²) in [6.07, 6.45) is 6.65. The number of ether oxygens (including phenoxy) is 1. The lowest BCUT2D eigenvalue weighted by Gasteiger charge is -2.51. The number of alkyl halides is 1. The Hall–Kier alpha value is -3.25. The lowest BCUT2D eigenvalue weighted by Crippen LogP contribution is -2.50. The first-order valence-electron chi connectivity index (χ1n) is 14.0. The molecule has 1 saturated heterocycles. The topological polar surface area (TPSA) is 63.7 Å². The lowest BCUT2D eigenvalue weighted by atomic mass is 9.55. The van der Waals surface area contributed by atoms with Crippen LogP contribution in [0, 0.1) is 11.8 Å². The third-order valence-electron chi connectivity index (χ3n) is 8.59. The average Bonchev–Trinajstić information content (AvgIpc) is 3.23. The number of esters is 1. The highest BCUT2D eigenvalue weighted by Gasteiger charge is 2.67. The highest BCUT2D eigenvalue weighted by molar-refractivity contribution is 9.09. The van der Waals surface area contributed by atoms with Crippen LogP contribution in [0.3, 0.4) is 0 Å². The van der Waals surface area contributed by atoms with Gasteiger partial charge in [-0.25, -0.2) is 9.69 Å². The van der Waals surface area contributed by atoms with Crippen molar-refractivity contribution in [1.29, 1.82) is 0 Å². The third kappa shape index (κ3) is 4.07. The van der Waals surface area contributed by atoms with Crippen LogP contribution in [-0.4, -0.2) is 24.4 Å². The Morgan fingerprint density at radius 2 is 1.49 bits per heavy atom. The van der Waals surface area contributed by atoms with Gasteiger partial charge in [0.15, 0.2) is 0 Å². The van der Waals surface area contributed by atoms with Crippen LogP contribution in [0.5, 0.6) is 0 Å². The number of unbranched alkanes of at least 4 members (excludes halogenated alkanes) is 5. The van der Waals surface area contributed by atoms with Crippen LogP contribution in [0.25, 0.3) is 0 Å². The summed E-state index contributed by atoms with van der Waals surface area (Å²) in [5, 5.41) is 0. The second-order valence-electron chi connectivity index (χ2n) is 10.8. The second-order valence-corrected chi connectivity index (χ2v) is 12.1. The van der Waals surface area contributed by atoms with Crippen molar-refractivity contribution in [3.63, 3.8) is 0 Å². The van der Waals surface area contributed by atoms with Crippen molar-refractivity contribution in [3.8, 4) is 0 Å². The maximum Gasteiger partial charge on any atom is 0.338 e. The molecule has 2 bridgehead atoms. The molecule has 6 heteroatoms. The van der Waals surface area contributed by atoms with E-state index in [-0.39, 0.29) is 17.7 Å². The van der Waals surface area contributed by atoms with Gasteiger partial charge in [0, 0.05) is 5.92 Å². The summed E-state index contributed by atoms with van der Waals surface area (Å²) in [7, 11) is 0. The molecule has 2 amide bonds. The Labute approximate surface area is 237 Å². The summed E-state index contributed by atoms with van der Waals surface area (Å²) < 4.78 is 4.71. The van der Waals surface area contributed by atoms with Crippen molar-refractivity contribution >= 4 is 39.4 Å². The smallest absolute Gasteiger partial charge is 0.338 e. The number of imide groups is 1. The molecular formula is C33H32BrNO4. The molecule has 2 atom stereocenters. The number of amides is 2. The normalized spacial score (nSPS) is 24.4. The first-order valence-corrected chi connectivity index (χ1v) is 14.8. The maximum absolute atomic E-state index is 14.1. The number of carbonyl (C=O) groups is 3. The van der Waals surface area contributed by atoms with E-state index in [2.05, 4.69) is 47.1 Å². The second kappa shape index (κ2) is 10.4. The summed E-state index contributed by atoms with van der Waals surface area (Å²) >= 11 is 4.02. The monoisotopic (exact) mass is 585 g/mol. The first kappa shape index (κ1) is 26.0. The van der Waals surface area contributed by atoms with Gasteiger partial charge in [-0.2, -0.15) is 0 Å². The molecule has 0 aromatic heterocycles. The highest BCUT2D eigenvalue weighted by atomic mass is 79.9. The van der Waals surface area contributed by atoms with Gasteiger partial charge in [0.05, 0.1) is 34.0 Å². The number of halogens is 1. The number of hydrogen-bond acceptors (Lipinski definition) is 4. The van der Waals surface area contributed by atoms with Gasteiger partial charge < -0.3 is 4.74 Å². The Morgan fingerprint density at radius 3 is 2.18 bits per heavy atom. The fraction of sp³-hybridized carbons (Fsp3) is 0.364. The molecule has 0 N–H and O–H groups in total. The minimum Gasteiger partial charge on any atom is -0.462 e. The molecule has 5 nitrogen and oxygen atoms in total. The van der Waals surface area contributed by atoms with Crippen LogP contribution in [0.1, 0.15) is 84.0 Å². The summed E-state index contributed by atoms with van der Waals surface area (Å²) in [6, 6.07) is 22.9. The van der Waals surface area contributed by atoms with Gasteiger partial charge in [-0.1, -0.05) is 110 Å². The van der Waals surface area contributed by atoms with Crippen molar-refractivity contribution in [2.75, 3.05) is 11.5 Å². The Balaban J connectivity index is 1.27. The van der Waals surface area contributed by atoms with Crippen LogP contribution in [0.15, 0.2) is 72.8 Å². The van der Waals surface area contributed by atoms with Crippen molar-refractivity contribution < 1.29 is 19.1 Å². The number of hydrogen-bond donors (Lipinski definition) is 0. The summed E-state index contributed by atoms with van der Waals surface area (Å²) in [5.41, 5.74) is 5.03. The zero-order chi connectivity index (χ0) is 27.1. The number of benzene rings is 3. The summed E-state index contributed by atoms with van der Waals surface area (Å²) in [5.74, 6) is -2.20.